The first-order valence-corrected chi connectivity index (χ1v) is 23.8. The largest absolute Gasteiger partial charge is 0.480 e. The lowest BCUT2D eigenvalue weighted by atomic mass is 10.1. The molecular formula is C48H78NO10P. The highest BCUT2D eigenvalue weighted by molar-refractivity contribution is 7.47. The zero-order chi connectivity index (χ0) is 44.2. The zero-order valence-corrected chi connectivity index (χ0v) is 37.6. The number of hydrogen-bond donors (Lipinski definition) is 4. The minimum absolute atomic E-state index is 0.119. The monoisotopic (exact) mass is 860 g/mol. The van der Waals surface area contributed by atoms with Gasteiger partial charge in [0.25, 0.3) is 0 Å². The number of phosphoric acid groups is 1. The van der Waals surface area contributed by atoms with Gasteiger partial charge in [-0.2, -0.15) is 0 Å². The van der Waals surface area contributed by atoms with Gasteiger partial charge in [0.2, 0.25) is 5.91 Å². The third kappa shape index (κ3) is 41.1. The van der Waals surface area contributed by atoms with Crippen LogP contribution >= 0.6 is 7.82 Å². The van der Waals surface area contributed by atoms with Gasteiger partial charge in [-0.25, -0.2) is 9.36 Å². The van der Waals surface area contributed by atoms with E-state index in [0.717, 1.165) is 116 Å². The summed E-state index contributed by atoms with van der Waals surface area (Å²) in [6.45, 7) is 2.31. The molecule has 0 saturated heterocycles. The van der Waals surface area contributed by atoms with E-state index in [9.17, 15) is 34.1 Å². The molecule has 3 atom stereocenters. The number of nitrogens with one attached hydrogen (secondary N) is 1. The smallest absolute Gasteiger partial charge is 0.472 e. The molecule has 60 heavy (non-hydrogen) atoms. The molecule has 340 valence electrons. The fourth-order valence-corrected chi connectivity index (χ4v) is 6.24. The topological polar surface area (TPSA) is 169 Å². The van der Waals surface area contributed by atoms with Crippen molar-refractivity contribution in [3.8, 4) is 0 Å². The summed E-state index contributed by atoms with van der Waals surface area (Å²) in [7, 11) is -4.77. The lowest BCUT2D eigenvalue weighted by Gasteiger charge is -2.18. The number of esters is 1. The van der Waals surface area contributed by atoms with Gasteiger partial charge in [-0.05, 0) is 89.9 Å². The van der Waals surface area contributed by atoms with Gasteiger partial charge in [0, 0.05) is 12.8 Å². The lowest BCUT2D eigenvalue weighted by molar-refractivity contribution is -0.147. The lowest BCUT2D eigenvalue weighted by Crippen LogP contribution is -2.43. The summed E-state index contributed by atoms with van der Waals surface area (Å²) < 4.78 is 26.8. The number of carbonyl (C=O) groups excluding carboxylic acids is 2. The van der Waals surface area contributed by atoms with Gasteiger partial charge in [0.05, 0.1) is 13.2 Å². The van der Waals surface area contributed by atoms with Crippen molar-refractivity contribution in [1.29, 1.82) is 0 Å². The van der Waals surface area contributed by atoms with E-state index in [4.69, 9.17) is 13.8 Å². The molecule has 0 aromatic carbocycles. The number of aliphatic hydroxyl groups is 1. The number of ether oxygens (including phenoxy) is 1. The molecule has 1 amide bonds. The first kappa shape index (κ1) is 56.4. The maximum Gasteiger partial charge on any atom is 0.472 e. The van der Waals surface area contributed by atoms with E-state index in [-0.39, 0.29) is 12.8 Å². The molecular weight excluding hydrogens is 781 g/mol. The maximum absolute atomic E-state index is 12.3. The Labute approximate surface area is 362 Å². The predicted octanol–water partition coefficient (Wildman–Crippen LogP) is 11.7. The first-order chi connectivity index (χ1) is 29.1. The Morgan fingerprint density at radius 2 is 0.917 bits per heavy atom. The SMILES string of the molecule is CC/C=C\C/C=C\C/C=C\C/C=C\C/C=C\CCCCCCCC(=O)OCC(O)COP(=O)(O)OCC(NC(=O)CCCCCCC/C=C\C/C=C\C/C=C\CC)C(=O)O. The van der Waals surface area contributed by atoms with Crippen LogP contribution in [-0.4, -0.2) is 64.9 Å². The van der Waals surface area contributed by atoms with Crippen LogP contribution in [0.2, 0.25) is 0 Å². The summed E-state index contributed by atoms with van der Waals surface area (Å²) in [5, 5.41) is 21.8. The molecule has 0 saturated carbocycles. The molecule has 11 nitrogen and oxygen atoms in total. The molecule has 0 fully saturated rings. The molecule has 0 aromatic heterocycles. The van der Waals surface area contributed by atoms with Crippen LogP contribution in [-0.2, 0) is 32.7 Å². The molecule has 0 rings (SSSR count). The van der Waals surface area contributed by atoms with Gasteiger partial charge >= 0.3 is 19.8 Å². The van der Waals surface area contributed by atoms with Crippen LogP contribution in [0.4, 0.5) is 0 Å². The van der Waals surface area contributed by atoms with E-state index >= 15 is 0 Å². The minimum Gasteiger partial charge on any atom is -0.480 e. The van der Waals surface area contributed by atoms with Gasteiger partial charge in [-0.15, -0.1) is 0 Å². The number of unbranched alkanes of at least 4 members (excludes halogenated alkanes) is 10. The van der Waals surface area contributed by atoms with E-state index in [1.54, 1.807) is 0 Å². The van der Waals surface area contributed by atoms with Crippen molar-refractivity contribution in [2.24, 2.45) is 0 Å². The Balaban J connectivity index is 3.96. The second kappa shape index (κ2) is 42.1. The molecule has 0 aromatic rings. The fraction of sp³-hybridized carbons (Fsp3) is 0.604. The van der Waals surface area contributed by atoms with E-state index in [2.05, 4.69) is 116 Å². The summed E-state index contributed by atoms with van der Waals surface area (Å²) in [5.41, 5.74) is 0. The van der Waals surface area contributed by atoms with Gasteiger partial charge in [0.15, 0.2) is 6.04 Å². The van der Waals surface area contributed by atoms with Crippen LogP contribution < -0.4 is 5.32 Å². The Bertz CT molecular complexity index is 1380. The van der Waals surface area contributed by atoms with Crippen LogP contribution in [0.15, 0.2) is 97.2 Å². The molecule has 0 bridgehead atoms. The van der Waals surface area contributed by atoms with Crippen LogP contribution in [0.3, 0.4) is 0 Å². The number of phosphoric ester groups is 1. The highest BCUT2D eigenvalue weighted by Crippen LogP contribution is 2.43. The number of allylic oxidation sites excluding steroid dienone is 16. The highest BCUT2D eigenvalue weighted by Gasteiger charge is 2.28. The van der Waals surface area contributed by atoms with Crippen molar-refractivity contribution in [1.82, 2.24) is 5.32 Å². The zero-order valence-electron chi connectivity index (χ0n) is 36.7. The molecule has 3 unspecified atom stereocenters. The first-order valence-electron chi connectivity index (χ1n) is 22.3. The number of aliphatic carboxylic acids is 1. The maximum atomic E-state index is 12.3. The average Bonchev–Trinajstić information content (AvgIpc) is 3.22. The molecule has 12 heteroatoms. The molecule has 0 aliphatic carbocycles. The quantitative estimate of drug-likeness (QED) is 0.0201. The van der Waals surface area contributed by atoms with Crippen LogP contribution in [0.1, 0.15) is 155 Å². The Hall–Kier alpha value is -3.60. The number of carboxylic acids is 1. The third-order valence-electron chi connectivity index (χ3n) is 8.87. The van der Waals surface area contributed by atoms with Crippen LogP contribution in [0, 0.1) is 0 Å². The molecule has 4 N–H and O–H groups in total. The standard InChI is InChI=1S/C48H78NO10P/c1-3-5-7-9-11-13-15-17-19-20-21-22-23-24-26-28-30-32-34-36-38-40-47(52)57-41-44(50)42-58-60(55,56)59-43-45(48(53)54)49-46(51)39-37-35-33-31-29-27-25-18-16-14-12-10-8-6-4-2/h5-8,11-14,17-19,21-22,24-26,44-45,50H,3-4,9-10,15-16,20,23,27-43H2,1-2H3,(H,49,51)(H,53,54)(H,55,56)/b7-5-,8-6-,13-11-,14-12-,19-17-,22-21-,25-18-,26-24-. The van der Waals surface area contributed by atoms with Crippen molar-refractivity contribution in [3.63, 3.8) is 0 Å². The number of carbonyl (C=O) groups is 3. The van der Waals surface area contributed by atoms with Gasteiger partial charge in [-0.1, -0.05) is 150 Å². The fourth-order valence-electron chi connectivity index (χ4n) is 5.47. The van der Waals surface area contributed by atoms with Crippen LogP contribution in [0.25, 0.3) is 0 Å². The average molecular weight is 860 g/mol. The number of carboxylic acid groups (broad SMARTS) is 1. The summed E-state index contributed by atoms with van der Waals surface area (Å²) >= 11 is 0. The van der Waals surface area contributed by atoms with Crippen molar-refractivity contribution >= 4 is 25.7 Å². The Morgan fingerprint density at radius 3 is 1.37 bits per heavy atom. The van der Waals surface area contributed by atoms with Crippen LogP contribution in [0.5, 0.6) is 0 Å². The number of rotatable bonds is 40. The molecule has 0 aliphatic rings. The molecule has 0 spiro atoms. The molecule has 0 aliphatic heterocycles. The number of aliphatic hydroxyl groups excluding tert-OH is 1. The van der Waals surface area contributed by atoms with E-state index in [1.807, 2.05) is 0 Å². The number of amides is 1. The van der Waals surface area contributed by atoms with Crippen molar-refractivity contribution in [3.05, 3.63) is 97.2 Å². The molecule has 0 radical (unpaired) electrons. The second-order valence-electron chi connectivity index (χ2n) is 14.5. The Kier molecular flexibility index (Phi) is 39.6. The summed E-state index contributed by atoms with van der Waals surface area (Å²) in [6.07, 6.45) is 52.8. The summed E-state index contributed by atoms with van der Waals surface area (Å²) in [4.78, 5) is 45.9. The van der Waals surface area contributed by atoms with E-state index in [0.29, 0.717) is 12.8 Å². The van der Waals surface area contributed by atoms with Crippen molar-refractivity contribution in [2.75, 3.05) is 19.8 Å². The summed E-state index contributed by atoms with van der Waals surface area (Å²) in [5.74, 6) is -2.43. The predicted molar refractivity (Wildman–Crippen MR) is 244 cm³/mol. The Morgan fingerprint density at radius 1 is 0.533 bits per heavy atom. The summed E-state index contributed by atoms with van der Waals surface area (Å²) in [6, 6.07) is -1.56. The van der Waals surface area contributed by atoms with E-state index < -0.39 is 57.6 Å². The van der Waals surface area contributed by atoms with E-state index in [1.165, 1.54) is 0 Å². The van der Waals surface area contributed by atoms with Crippen molar-refractivity contribution < 1.29 is 47.8 Å². The van der Waals surface area contributed by atoms with Gasteiger partial charge in [0.1, 0.15) is 12.7 Å². The van der Waals surface area contributed by atoms with Crippen molar-refractivity contribution in [2.45, 2.75) is 167 Å². The second-order valence-corrected chi connectivity index (χ2v) is 15.9. The third-order valence-corrected chi connectivity index (χ3v) is 9.82. The minimum atomic E-state index is -4.77. The molecule has 0 heterocycles. The van der Waals surface area contributed by atoms with Gasteiger partial charge in [-0.3, -0.25) is 18.6 Å². The highest BCUT2D eigenvalue weighted by atomic mass is 31.2. The van der Waals surface area contributed by atoms with Gasteiger partial charge < -0.3 is 25.2 Å². The normalized spacial score (nSPS) is 14.6. The number of hydrogen-bond acceptors (Lipinski definition) is 8.